The van der Waals surface area contributed by atoms with E-state index in [0.717, 1.165) is 0 Å². The third kappa shape index (κ3) is 3.06. The molecule has 0 aliphatic heterocycles. The molecule has 0 fully saturated rings. The van der Waals surface area contributed by atoms with Gasteiger partial charge in [0.25, 0.3) is 5.85 Å². The van der Waals surface area contributed by atoms with Crippen LogP contribution in [0.1, 0.15) is 6.92 Å². The number of hydrogen-bond acceptors (Lipinski definition) is 6. The van der Waals surface area contributed by atoms with Crippen LogP contribution < -0.4 is 0 Å². The molecular weight excluding hydrogens is 211 g/mol. The molecule has 0 bridgehead atoms. The smallest absolute Gasteiger partial charge is 0.370 e. The second kappa shape index (κ2) is 6.14. The second-order valence-corrected chi connectivity index (χ2v) is 4.51. The van der Waals surface area contributed by atoms with Gasteiger partial charge in [-0.15, -0.1) is 0 Å². The molecule has 0 aliphatic carbocycles. The summed E-state index contributed by atoms with van der Waals surface area (Å²) in [5.74, 6) is -2.11. The van der Waals surface area contributed by atoms with Gasteiger partial charge < -0.3 is 18.5 Å². The Morgan fingerprint density at radius 3 is 2.07 bits per heavy atom. The van der Waals surface area contributed by atoms with Gasteiger partial charge in [0.1, 0.15) is 0 Å². The molecule has 0 spiro atoms. The van der Waals surface area contributed by atoms with Crippen molar-refractivity contribution in [1.82, 2.24) is 0 Å². The molecule has 0 aromatic heterocycles. The van der Waals surface area contributed by atoms with Crippen LogP contribution in [0.3, 0.4) is 0 Å². The zero-order valence-electron chi connectivity index (χ0n) is 8.68. The summed E-state index contributed by atoms with van der Waals surface area (Å²) < 4.78 is 30.4. The van der Waals surface area contributed by atoms with Crippen LogP contribution in [0.5, 0.6) is 0 Å². The average molecular weight is 226 g/mol. The molecule has 14 heavy (non-hydrogen) atoms. The molecular formula is C7H15O6P. The lowest BCUT2D eigenvalue weighted by Crippen LogP contribution is -2.27. The predicted molar refractivity (Wildman–Crippen MR) is 49.1 cm³/mol. The van der Waals surface area contributed by atoms with Gasteiger partial charge in [0, 0.05) is 20.8 Å². The van der Waals surface area contributed by atoms with Crippen molar-refractivity contribution in [3.05, 3.63) is 0 Å². The van der Waals surface area contributed by atoms with E-state index in [1.54, 1.807) is 6.92 Å². The minimum Gasteiger partial charge on any atom is -0.467 e. The Morgan fingerprint density at radius 1 is 1.29 bits per heavy atom. The number of rotatable bonds is 6. The molecule has 84 valence electrons. The van der Waals surface area contributed by atoms with E-state index in [2.05, 4.69) is 13.8 Å². The Hall–Kier alpha value is -0.420. The Bertz CT molecular complexity index is 220. The normalized spacial score (nSPS) is 13.7. The Morgan fingerprint density at radius 2 is 1.79 bits per heavy atom. The van der Waals surface area contributed by atoms with E-state index in [1.807, 2.05) is 0 Å². The highest BCUT2D eigenvalue weighted by atomic mass is 31.2. The topological polar surface area (TPSA) is 71.1 Å². The predicted octanol–water partition coefficient (Wildman–Crippen LogP) is 1.01. The van der Waals surface area contributed by atoms with Crippen molar-refractivity contribution < 1.29 is 27.9 Å². The molecule has 0 saturated heterocycles. The van der Waals surface area contributed by atoms with E-state index < -0.39 is 19.4 Å². The molecule has 0 radical (unpaired) electrons. The molecule has 1 atom stereocenters. The molecule has 0 N–H and O–H groups in total. The van der Waals surface area contributed by atoms with Gasteiger partial charge in [-0.25, -0.2) is 4.79 Å². The van der Waals surface area contributed by atoms with E-state index in [9.17, 15) is 9.36 Å². The average Bonchev–Trinajstić information content (AvgIpc) is 2.23. The zero-order chi connectivity index (χ0) is 11.2. The summed E-state index contributed by atoms with van der Waals surface area (Å²) in [5.41, 5.74) is 0. The third-order valence-electron chi connectivity index (χ3n) is 1.52. The molecule has 7 heteroatoms. The minimum atomic E-state index is -3.58. The first kappa shape index (κ1) is 13.6. The monoisotopic (exact) mass is 226 g/mol. The summed E-state index contributed by atoms with van der Waals surface area (Å²) in [7, 11) is -0.0470. The molecule has 0 aromatic carbocycles. The van der Waals surface area contributed by atoms with Crippen molar-refractivity contribution >= 4 is 13.6 Å². The first-order chi connectivity index (χ1) is 6.55. The number of esters is 1. The lowest BCUT2D eigenvalue weighted by molar-refractivity contribution is -0.149. The Balaban J connectivity index is 4.78. The minimum absolute atomic E-state index is 0.205. The molecule has 0 rings (SSSR count). The zero-order valence-corrected chi connectivity index (χ0v) is 9.58. The summed E-state index contributed by atoms with van der Waals surface area (Å²) in [6.45, 7) is 1.86. The number of methoxy groups -OCH3 is 1. The van der Waals surface area contributed by atoms with Crippen LogP contribution >= 0.6 is 7.60 Å². The summed E-state index contributed by atoms with van der Waals surface area (Å²) in [5, 5.41) is 0. The summed E-state index contributed by atoms with van der Waals surface area (Å²) >= 11 is 0. The van der Waals surface area contributed by atoms with E-state index in [-0.39, 0.29) is 6.61 Å². The van der Waals surface area contributed by atoms with Crippen LogP contribution in [0.2, 0.25) is 0 Å². The van der Waals surface area contributed by atoms with Gasteiger partial charge in [-0.05, 0) is 6.92 Å². The maximum atomic E-state index is 11.8. The number of carbonyl (C=O) groups is 1. The van der Waals surface area contributed by atoms with Gasteiger partial charge in [0.2, 0.25) is 0 Å². The van der Waals surface area contributed by atoms with E-state index in [4.69, 9.17) is 4.74 Å². The first-order valence-corrected chi connectivity index (χ1v) is 5.57. The van der Waals surface area contributed by atoms with Crippen LogP contribution in [-0.4, -0.2) is 39.8 Å². The second-order valence-electron chi connectivity index (χ2n) is 2.24. The summed E-state index contributed by atoms with van der Waals surface area (Å²) in [6, 6.07) is 0. The molecule has 0 amide bonds. The fourth-order valence-electron chi connectivity index (χ4n) is 0.813. The highest BCUT2D eigenvalue weighted by Gasteiger charge is 2.41. The maximum Gasteiger partial charge on any atom is 0.370 e. The lowest BCUT2D eigenvalue weighted by Gasteiger charge is -2.21. The first-order valence-electron chi connectivity index (χ1n) is 3.96. The van der Waals surface area contributed by atoms with E-state index in [0.29, 0.717) is 0 Å². The third-order valence-corrected chi connectivity index (χ3v) is 3.48. The molecule has 1 unspecified atom stereocenters. The quantitative estimate of drug-likeness (QED) is 0.497. The van der Waals surface area contributed by atoms with Crippen LogP contribution in [0, 0.1) is 0 Å². The summed E-state index contributed by atoms with van der Waals surface area (Å²) in [4.78, 5) is 11.2. The highest BCUT2D eigenvalue weighted by Crippen LogP contribution is 2.52. The van der Waals surface area contributed by atoms with Gasteiger partial charge in [0.05, 0.1) is 7.11 Å². The molecule has 0 heterocycles. The fourth-order valence-corrected chi connectivity index (χ4v) is 2.04. The van der Waals surface area contributed by atoms with Gasteiger partial charge >= 0.3 is 13.6 Å². The fraction of sp³-hybridized carbons (Fsp3) is 0.857. The van der Waals surface area contributed by atoms with E-state index in [1.165, 1.54) is 21.3 Å². The number of carbonyl (C=O) groups excluding carboxylic acids is 1. The van der Waals surface area contributed by atoms with Crippen LogP contribution in [0.4, 0.5) is 0 Å². The standard InChI is InChI=1S/C7H15O6P/c1-5-13-7(6(8)10-2)14(9,11-3)12-4/h7H,5H2,1-4H3. The van der Waals surface area contributed by atoms with Gasteiger partial charge in [-0.3, -0.25) is 4.57 Å². The number of ether oxygens (including phenoxy) is 2. The largest absolute Gasteiger partial charge is 0.467 e. The molecule has 0 aliphatic rings. The SMILES string of the molecule is CCOC(C(=O)OC)P(=O)(OC)OC. The number of hydrogen-bond donors (Lipinski definition) is 0. The van der Waals surface area contributed by atoms with Crippen molar-refractivity contribution in [1.29, 1.82) is 0 Å². The van der Waals surface area contributed by atoms with Crippen LogP contribution in [0.25, 0.3) is 0 Å². The van der Waals surface area contributed by atoms with Gasteiger partial charge in [-0.1, -0.05) is 0 Å². The Kier molecular flexibility index (Phi) is 5.95. The van der Waals surface area contributed by atoms with E-state index >= 15 is 0 Å². The van der Waals surface area contributed by atoms with Crippen LogP contribution in [0.15, 0.2) is 0 Å². The summed E-state index contributed by atoms with van der Waals surface area (Å²) in [6.07, 6.45) is 0. The van der Waals surface area contributed by atoms with Crippen molar-refractivity contribution in [2.75, 3.05) is 27.9 Å². The van der Waals surface area contributed by atoms with Crippen molar-refractivity contribution in [3.8, 4) is 0 Å². The van der Waals surface area contributed by atoms with Crippen LogP contribution in [-0.2, 0) is 27.9 Å². The van der Waals surface area contributed by atoms with Gasteiger partial charge in [0.15, 0.2) is 0 Å². The lowest BCUT2D eigenvalue weighted by atomic mass is 10.7. The van der Waals surface area contributed by atoms with Crippen molar-refractivity contribution in [3.63, 3.8) is 0 Å². The Labute approximate surface area is 83.0 Å². The highest BCUT2D eigenvalue weighted by molar-refractivity contribution is 7.55. The van der Waals surface area contributed by atoms with Gasteiger partial charge in [-0.2, -0.15) is 0 Å². The van der Waals surface area contributed by atoms with Crippen molar-refractivity contribution in [2.24, 2.45) is 0 Å². The van der Waals surface area contributed by atoms with Crippen molar-refractivity contribution in [2.45, 2.75) is 12.8 Å². The molecule has 6 nitrogen and oxygen atoms in total. The maximum absolute atomic E-state index is 11.8. The molecule has 0 aromatic rings. The molecule has 0 saturated carbocycles.